The molecule has 1 heterocycles. The van der Waals surface area contributed by atoms with Crippen LogP contribution in [0.3, 0.4) is 0 Å². The molecule has 8 heteroatoms. The molecule has 110 valence electrons. The number of rotatable bonds is 6. The van der Waals surface area contributed by atoms with E-state index in [9.17, 15) is 18.0 Å². The van der Waals surface area contributed by atoms with Crippen LogP contribution >= 0.6 is 0 Å². The summed E-state index contributed by atoms with van der Waals surface area (Å²) in [5.74, 6) is -2.20. The van der Waals surface area contributed by atoms with Crippen LogP contribution in [-0.4, -0.2) is 55.7 Å². The molecule has 1 saturated heterocycles. The second-order valence-corrected chi connectivity index (χ2v) is 6.62. The van der Waals surface area contributed by atoms with Crippen LogP contribution in [0.5, 0.6) is 0 Å². The van der Waals surface area contributed by atoms with E-state index in [0.717, 1.165) is 0 Å². The smallest absolute Gasteiger partial charge is 0.307 e. The molecule has 0 bridgehead atoms. The molecule has 0 saturated carbocycles. The number of hydrogen-bond acceptors (Lipinski definition) is 5. The van der Waals surface area contributed by atoms with Gasteiger partial charge >= 0.3 is 11.9 Å². The van der Waals surface area contributed by atoms with Gasteiger partial charge in [0.05, 0.1) is 18.8 Å². The van der Waals surface area contributed by atoms with Gasteiger partial charge in [-0.15, -0.1) is 0 Å². The Balaban J connectivity index is 2.52. The third-order valence-electron chi connectivity index (χ3n) is 3.14. The van der Waals surface area contributed by atoms with E-state index >= 15 is 0 Å². The van der Waals surface area contributed by atoms with E-state index in [4.69, 9.17) is 5.11 Å². The van der Waals surface area contributed by atoms with Gasteiger partial charge in [-0.05, 0) is 19.3 Å². The predicted molar refractivity (Wildman–Crippen MR) is 67.0 cm³/mol. The van der Waals surface area contributed by atoms with Gasteiger partial charge in [-0.25, -0.2) is 12.7 Å². The molecular weight excluding hydrogens is 274 g/mol. The zero-order valence-electron chi connectivity index (χ0n) is 10.9. The number of esters is 1. The standard InChI is InChI=1S/C11H19NO6S/c1-18-10(13)5-3-7-19(16,17)12-6-2-4-9(8-12)11(14)15/h9H,2-8H2,1H3,(H,14,15)/t9-/m0/s1. The highest BCUT2D eigenvalue weighted by Gasteiger charge is 2.31. The van der Waals surface area contributed by atoms with Gasteiger partial charge < -0.3 is 9.84 Å². The quantitative estimate of drug-likeness (QED) is 0.695. The number of methoxy groups -OCH3 is 1. The van der Waals surface area contributed by atoms with Gasteiger partial charge in [-0.2, -0.15) is 0 Å². The van der Waals surface area contributed by atoms with Crippen molar-refractivity contribution >= 4 is 22.0 Å². The van der Waals surface area contributed by atoms with Crippen LogP contribution in [-0.2, 0) is 24.3 Å². The molecule has 0 radical (unpaired) electrons. The minimum atomic E-state index is -3.49. The summed E-state index contributed by atoms with van der Waals surface area (Å²) in [5, 5.41) is 8.92. The van der Waals surface area contributed by atoms with Crippen LogP contribution in [0.4, 0.5) is 0 Å². The first-order chi connectivity index (χ1) is 8.86. The number of ether oxygens (including phenoxy) is 1. The van der Waals surface area contributed by atoms with Gasteiger partial charge in [0.15, 0.2) is 0 Å². The normalized spacial score (nSPS) is 21.0. The number of carboxylic acids is 1. The van der Waals surface area contributed by atoms with Crippen molar-refractivity contribution in [1.82, 2.24) is 4.31 Å². The Morgan fingerprint density at radius 3 is 2.68 bits per heavy atom. The second kappa shape index (κ2) is 6.85. The highest BCUT2D eigenvalue weighted by Crippen LogP contribution is 2.20. The molecule has 1 aliphatic heterocycles. The summed E-state index contributed by atoms with van der Waals surface area (Å²) in [6.45, 7) is 0.375. The lowest BCUT2D eigenvalue weighted by atomic mass is 10.0. The van der Waals surface area contributed by atoms with Crippen LogP contribution in [0.25, 0.3) is 0 Å². The summed E-state index contributed by atoms with van der Waals surface area (Å²) >= 11 is 0. The molecule has 0 unspecified atom stereocenters. The van der Waals surface area contributed by atoms with Crippen LogP contribution < -0.4 is 0 Å². The molecule has 0 aromatic rings. The number of carbonyl (C=O) groups excluding carboxylic acids is 1. The van der Waals surface area contributed by atoms with Crippen molar-refractivity contribution in [1.29, 1.82) is 0 Å². The van der Waals surface area contributed by atoms with Gasteiger partial charge in [0.1, 0.15) is 0 Å². The highest BCUT2D eigenvalue weighted by molar-refractivity contribution is 7.89. The fourth-order valence-electron chi connectivity index (χ4n) is 2.03. The third-order valence-corrected chi connectivity index (χ3v) is 5.06. The zero-order chi connectivity index (χ0) is 14.5. The number of nitrogens with zero attached hydrogens (tertiary/aromatic N) is 1. The van der Waals surface area contributed by atoms with Crippen molar-refractivity contribution in [2.45, 2.75) is 25.7 Å². The third kappa shape index (κ3) is 4.79. The minimum absolute atomic E-state index is 0.0237. The largest absolute Gasteiger partial charge is 0.481 e. The Labute approximate surface area is 112 Å². The molecular formula is C11H19NO6S. The van der Waals surface area contributed by atoms with Crippen molar-refractivity contribution < 1.29 is 27.9 Å². The Hall–Kier alpha value is -1.15. The summed E-state index contributed by atoms with van der Waals surface area (Å²) in [7, 11) is -2.24. The average Bonchev–Trinajstić information content (AvgIpc) is 2.38. The number of sulfonamides is 1. The number of piperidine rings is 1. The highest BCUT2D eigenvalue weighted by atomic mass is 32.2. The number of carboxylic acid groups (broad SMARTS) is 1. The molecule has 0 aromatic heterocycles. The number of carbonyl (C=O) groups is 2. The first kappa shape index (κ1) is 15.9. The van der Waals surface area contributed by atoms with Crippen molar-refractivity contribution in [2.24, 2.45) is 5.92 Å². The van der Waals surface area contributed by atoms with Crippen LogP contribution in [0, 0.1) is 5.92 Å². The van der Waals surface area contributed by atoms with Gasteiger partial charge in [0.25, 0.3) is 0 Å². The maximum atomic E-state index is 12.0. The lowest BCUT2D eigenvalue weighted by molar-refractivity contribution is -0.143. The monoisotopic (exact) mass is 293 g/mol. The molecule has 0 amide bonds. The van der Waals surface area contributed by atoms with Crippen molar-refractivity contribution in [3.8, 4) is 0 Å². The topological polar surface area (TPSA) is 101 Å². The Kier molecular flexibility index (Phi) is 5.74. The maximum Gasteiger partial charge on any atom is 0.307 e. The summed E-state index contributed by atoms with van der Waals surface area (Å²) in [6, 6.07) is 0. The summed E-state index contributed by atoms with van der Waals surface area (Å²) in [6.07, 6.45) is 1.28. The van der Waals surface area contributed by atoms with E-state index in [2.05, 4.69) is 4.74 Å². The summed E-state index contributed by atoms with van der Waals surface area (Å²) in [4.78, 5) is 21.8. The Morgan fingerprint density at radius 2 is 2.11 bits per heavy atom. The molecule has 0 aliphatic carbocycles. The SMILES string of the molecule is COC(=O)CCCS(=O)(=O)N1CCC[C@H](C(=O)O)C1. The fourth-order valence-corrected chi connectivity index (χ4v) is 3.61. The van der Waals surface area contributed by atoms with Crippen molar-refractivity contribution in [3.63, 3.8) is 0 Å². The zero-order valence-corrected chi connectivity index (χ0v) is 11.7. The van der Waals surface area contributed by atoms with Gasteiger partial charge in [0, 0.05) is 19.5 Å². The molecule has 1 rings (SSSR count). The molecule has 1 aliphatic rings. The van der Waals surface area contributed by atoms with Crippen molar-refractivity contribution in [3.05, 3.63) is 0 Å². The predicted octanol–water partition coefficient (Wildman–Crippen LogP) is 0.0660. The summed E-state index contributed by atoms with van der Waals surface area (Å²) < 4.78 is 29.7. The van der Waals surface area contributed by atoms with E-state index in [1.54, 1.807) is 0 Å². The minimum Gasteiger partial charge on any atom is -0.481 e. The van der Waals surface area contributed by atoms with Crippen LogP contribution in [0.15, 0.2) is 0 Å². The number of aliphatic carboxylic acids is 1. The van der Waals surface area contributed by atoms with Gasteiger partial charge in [-0.3, -0.25) is 9.59 Å². The molecule has 19 heavy (non-hydrogen) atoms. The lowest BCUT2D eigenvalue weighted by Crippen LogP contribution is -2.43. The molecule has 7 nitrogen and oxygen atoms in total. The van der Waals surface area contributed by atoms with E-state index < -0.39 is 27.9 Å². The maximum absolute atomic E-state index is 12.0. The Bertz CT molecular complexity index is 432. The number of hydrogen-bond donors (Lipinski definition) is 1. The lowest BCUT2D eigenvalue weighted by Gasteiger charge is -2.29. The first-order valence-corrected chi connectivity index (χ1v) is 7.75. The van der Waals surface area contributed by atoms with E-state index in [1.165, 1.54) is 11.4 Å². The van der Waals surface area contributed by atoms with Crippen LogP contribution in [0.1, 0.15) is 25.7 Å². The van der Waals surface area contributed by atoms with Gasteiger partial charge in [-0.1, -0.05) is 0 Å². The molecule has 1 atom stereocenters. The van der Waals surface area contributed by atoms with E-state index in [1.807, 2.05) is 0 Å². The molecule has 1 fully saturated rings. The van der Waals surface area contributed by atoms with Crippen LogP contribution in [0.2, 0.25) is 0 Å². The van der Waals surface area contributed by atoms with E-state index in [-0.39, 0.29) is 25.1 Å². The average molecular weight is 293 g/mol. The fraction of sp³-hybridized carbons (Fsp3) is 0.818. The molecule has 1 N–H and O–H groups in total. The molecule has 0 spiro atoms. The summed E-state index contributed by atoms with van der Waals surface area (Å²) in [5.41, 5.74) is 0. The second-order valence-electron chi connectivity index (χ2n) is 4.53. The Morgan fingerprint density at radius 1 is 1.42 bits per heavy atom. The first-order valence-electron chi connectivity index (χ1n) is 6.14. The van der Waals surface area contributed by atoms with Crippen molar-refractivity contribution in [2.75, 3.05) is 26.0 Å². The molecule has 0 aromatic carbocycles. The van der Waals surface area contributed by atoms with Gasteiger partial charge in [0.2, 0.25) is 10.0 Å². The van der Waals surface area contributed by atoms with E-state index in [0.29, 0.717) is 19.4 Å².